The summed E-state index contributed by atoms with van der Waals surface area (Å²) in [5, 5.41) is 10.3. The van der Waals surface area contributed by atoms with E-state index in [-0.39, 0.29) is 28.6 Å². The molecule has 7 heteroatoms. The van der Waals surface area contributed by atoms with Gasteiger partial charge < -0.3 is 9.73 Å². The van der Waals surface area contributed by atoms with Crippen LogP contribution in [0.5, 0.6) is 0 Å². The number of rotatable bonds is 4. The van der Waals surface area contributed by atoms with Crippen LogP contribution >= 0.6 is 11.8 Å². The number of carbonyl (C=O) groups is 1. The maximum absolute atomic E-state index is 13.0. The number of benzene rings is 1. The second-order valence-corrected chi connectivity index (χ2v) is 4.27. The Hall–Kier alpha value is -1.89. The largest absolute Gasteiger partial charge is 0.411 e. The Morgan fingerprint density at radius 2 is 2.33 bits per heavy atom. The van der Waals surface area contributed by atoms with E-state index >= 15 is 0 Å². The van der Waals surface area contributed by atoms with Crippen LogP contribution in [0.1, 0.15) is 0 Å². The van der Waals surface area contributed by atoms with Gasteiger partial charge in [0.2, 0.25) is 11.8 Å². The Morgan fingerprint density at radius 3 is 3.06 bits per heavy atom. The summed E-state index contributed by atoms with van der Waals surface area (Å²) in [6, 6.07) is 5.87. The highest BCUT2D eigenvalue weighted by molar-refractivity contribution is 7.99. The van der Waals surface area contributed by atoms with Crippen LogP contribution in [0.4, 0.5) is 4.39 Å². The second kappa shape index (κ2) is 5.63. The maximum Gasteiger partial charge on any atom is 0.277 e. The zero-order chi connectivity index (χ0) is 13.0. The molecule has 0 aliphatic heterocycles. The molecule has 0 fully saturated rings. The van der Waals surface area contributed by atoms with Crippen LogP contribution in [0.15, 0.2) is 33.9 Å². The first-order valence-electron chi connectivity index (χ1n) is 5.12. The number of nitrogens with zero attached hydrogens (tertiary/aromatic N) is 2. The van der Waals surface area contributed by atoms with Gasteiger partial charge in [-0.15, -0.1) is 10.2 Å². The van der Waals surface area contributed by atoms with Crippen LogP contribution < -0.4 is 5.32 Å². The molecule has 0 bridgehead atoms. The molecule has 5 nitrogen and oxygen atoms in total. The molecule has 2 aromatic rings. The molecule has 18 heavy (non-hydrogen) atoms. The summed E-state index contributed by atoms with van der Waals surface area (Å²) in [4.78, 5) is 11.0. The van der Waals surface area contributed by atoms with Crippen molar-refractivity contribution in [3.05, 3.63) is 30.1 Å². The fourth-order valence-corrected chi connectivity index (χ4v) is 1.84. The summed E-state index contributed by atoms with van der Waals surface area (Å²) in [5.41, 5.74) is 0.509. The van der Waals surface area contributed by atoms with Gasteiger partial charge in [-0.2, -0.15) is 0 Å². The molecule has 0 saturated heterocycles. The first kappa shape index (κ1) is 12.6. The van der Waals surface area contributed by atoms with Gasteiger partial charge in [-0.1, -0.05) is 17.8 Å². The fraction of sp³-hybridized carbons (Fsp3) is 0.182. The third-order valence-corrected chi connectivity index (χ3v) is 2.90. The summed E-state index contributed by atoms with van der Waals surface area (Å²) in [5.74, 6) is -0.0777. The van der Waals surface area contributed by atoms with Gasteiger partial charge in [0.05, 0.1) is 5.75 Å². The molecule has 0 atom stereocenters. The summed E-state index contributed by atoms with van der Waals surface area (Å²) in [6.45, 7) is 0. The van der Waals surface area contributed by atoms with Gasteiger partial charge in [-0.3, -0.25) is 4.79 Å². The first-order valence-corrected chi connectivity index (χ1v) is 6.10. The molecule has 2 rings (SSSR count). The average Bonchev–Trinajstić information content (AvgIpc) is 2.84. The van der Waals surface area contributed by atoms with Crippen molar-refractivity contribution in [3.63, 3.8) is 0 Å². The number of hydrogen-bond acceptors (Lipinski definition) is 5. The Balaban J connectivity index is 2.08. The summed E-state index contributed by atoms with van der Waals surface area (Å²) in [6.07, 6.45) is 0. The number of halogens is 1. The van der Waals surface area contributed by atoms with Gasteiger partial charge in [0.15, 0.2) is 0 Å². The maximum atomic E-state index is 13.0. The molecule has 0 aliphatic carbocycles. The minimum absolute atomic E-state index is 0.134. The van der Waals surface area contributed by atoms with Crippen LogP contribution in [0.3, 0.4) is 0 Å². The topological polar surface area (TPSA) is 68.0 Å². The van der Waals surface area contributed by atoms with E-state index in [4.69, 9.17) is 4.42 Å². The fourth-order valence-electron chi connectivity index (χ4n) is 1.21. The summed E-state index contributed by atoms with van der Waals surface area (Å²) < 4.78 is 18.3. The first-order chi connectivity index (χ1) is 8.69. The average molecular weight is 267 g/mol. The lowest BCUT2D eigenvalue weighted by Crippen LogP contribution is -2.19. The Morgan fingerprint density at radius 1 is 1.50 bits per heavy atom. The van der Waals surface area contributed by atoms with E-state index in [0.717, 1.165) is 11.8 Å². The van der Waals surface area contributed by atoms with Gasteiger partial charge in [0, 0.05) is 12.6 Å². The molecule has 1 amide bonds. The van der Waals surface area contributed by atoms with Crippen molar-refractivity contribution >= 4 is 17.7 Å². The number of nitrogens with one attached hydrogen (secondary N) is 1. The molecule has 0 aliphatic rings. The van der Waals surface area contributed by atoms with Gasteiger partial charge in [-0.05, 0) is 18.2 Å². The van der Waals surface area contributed by atoms with Crippen LogP contribution in [0.2, 0.25) is 0 Å². The molecule has 0 radical (unpaired) electrons. The Kier molecular flexibility index (Phi) is 3.93. The van der Waals surface area contributed by atoms with E-state index < -0.39 is 0 Å². The van der Waals surface area contributed by atoms with Crippen molar-refractivity contribution in [2.75, 3.05) is 12.8 Å². The number of hydrogen-bond donors (Lipinski definition) is 1. The lowest BCUT2D eigenvalue weighted by molar-refractivity contribution is -0.118. The SMILES string of the molecule is CNC(=O)CSc1nnc(-c2cccc(F)c2)o1. The monoisotopic (exact) mass is 267 g/mol. The molecule has 0 saturated carbocycles. The summed E-state index contributed by atoms with van der Waals surface area (Å²) in [7, 11) is 1.55. The van der Waals surface area contributed by atoms with Crippen molar-refractivity contribution in [3.8, 4) is 11.5 Å². The van der Waals surface area contributed by atoms with Gasteiger partial charge in [0.25, 0.3) is 5.22 Å². The van der Waals surface area contributed by atoms with Crippen LogP contribution in [0.25, 0.3) is 11.5 Å². The Bertz CT molecular complexity index is 559. The van der Waals surface area contributed by atoms with Gasteiger partial charge >= 0.3 is 0 Å². The Labute approximate surface area is 107 Å². The minimum Gasteiger partial charge on any atom is -0.411 e. The van der Waals surface area contributed by atoms with Gasteiger partial charge in [0.1, 0.15) is 5.82 Å². The zero-order valence-electron chi connectivity index (χ0n) is 9.51. The second-order valence-electron chi connectivity index (χ2n) is 3.35. The number of thioether (sulfide) groups is 1. The van der Waals surface area contributed by atoms with E-state index in [1.165, 1.54) is 12.1 Å². The van der Waals surface area contributed by atoms with Crippen LogP contribution in [-0.4, -0.2) is 28.9 Å². The molecule has 0 unspecified atom stereocenters. The molecule has 1 heterocycles. The van der Waals surface area contributed by atoms with E-state index in [1.807, 2.05) is 0 Å². The number of amides is 1. The highest BCUT2D eigenvalue weighted by Crippen LogP contribution is 2.23. The van der Waals surface area contributed by atoms with Crippen molar-refractivity contribution in [2.24, 2.45) is 0 Å². The normalized spacial score (nSPS) is 10.3. The van der Waals surface area contributed by atoms with E-state index in [1.54, 1.807) is 19.2 Å². The molecule has 94 valence electrons. The number of aromatic nitrogens is 2. The highest BCUT2D eigenvalue weighted by Gasteiger charge is 2.10. The van der Waals surface area contributed by atoms with Crippen LogP contribution in [-0.2, 0) is 4.79 Å². The standard InChI is InChI=1S/C11H10FN3O2S/c1-13-9(16)6-18-11-15-14-10(17-11)7-3-2-4-8(12)5-7/h2-5H,6H2,1H3,(H,13,16). The molecular formula is C11H10FN3O2S. The highest BCUT2D eigenvalue weighted by atomic mass is 32.2. The third kappa shape index (κ3) is 3.07. The molecule has 1 aromatic carbocycles. The molecule has 1 aromatic heterocycles. The third-order valence-electron chi connectivity index (χ3n) is 2.08. The van der Waals surface area contributed by atoms with E-state index in [0.29, 0.717) is 5.56 Å². The van der Waals surface area contributed by atoms with Crippen molar-refractivity contribution in [2.45, 2.75) is 5.22 Å². The van der Waals surface area contributed by atoms with E-state index in [9.17, 15) is 9.18 Å². The summed E-state index contributed by atoms with van der Waals surface area (Å²) >= 11 is 1.13. The minimum atomic E-state index is -0.370. The lowest BCUT2D eigenvalue weighted by atomic mass is 10.2. The molecular weight excluding hydrogens is 257 g/mol. The predicted molar refractivity (Wildman–Crippen MR) is 64.5 cm³/mol. The molecule has 1 N–H and O–H groups in total. The van der Waals surface area contributed by atoms with Crippen molar-refractivity contribution in [1.82, 2.24) is 15.5 Å². The van der Waals surface area contributed by atoms with Crippen LogP contribution in [0, 0.1) is 5.82 Å². The van der Waals surface area contributed by atoms with Gasteiger partial charge in [-0.25, -0.2) is 4.39 Å². The number of carbonyl (C=O) groups excluding carboxylic acids is 1. The van der Waals surface area contributed by atoms with E-state index in [2.05, 4.69) is 15.5 Å². The van der Waals surface area contributed by atoms with Crippen molar-refractivity contribution < 1.29 is 13.6 Å². The lowest BCUT2D eigenvalue weighted by Gasteiger charge is -1.95. The quantitative estimate of drug-likeness (QED) is 0.854. The molecule has 0 spiro atoms. The smallest absolute Gasteiger partial charge is 0.277 e. The zero-order valence-corrected chi connectivity index (χ0v) is 10.3. The predicted octanol–water partition coefficient (Wildman–Crippen LogP) is 1.71. The van der Waals surface area contributed by atoms with Crippen molar-refractivity contribution in [1.29, 1.82) is 0 Å².